The minimum absolute atomic E-state index is 0.176. The van der Waals surface area contributed by atoms with Crippen LogP contribution in [0.4, 0.5) is 0 Å². The molecule has 0 amide bonds. The largest absolute Gasteiger partial charge is 0.393 e. The Morgan fingerprint density at radius 2 is 1.06 bits per heavy atom. The average molecular weight is 252 g/mol. The van der Waals surface area contributed by atoms with Gasteiger partial charge < -0.3 is 10.2 Å². The van der Waals surface area contributed by atoms with Crippen LogP contribution < -0.4 is 0 Å². The maximum Gasteiger partial charge on any atom is 0.140 e. The van der Waals surface area contributed by atoms with Crippen LogP contribution in [0.2, 0.25) is 0 Å². The molecule has 3 aliphatic carbocycles. The summed E-state index contributed by atoms with van der Waals surface area (Å²) in [4.78, 5) is 24.9. The van der Waals surface area contributed by atoms with E-state index in [-0.39, 0.29) is 35.2 Å². The highest BCUT2D eigenvalue weighted by molar-refractivity contribution is 5.99. The van der Waals surface area contributed by atoms with E-state index in [0.29, 0.717) is 38.5 Å². The molecule has 0 saturated heterocycles. The quantitative estimate of drug-likeness (QED) is 0.665. The summed E-state index contributed by atoms with van der Waals surface area (Å²) in [6.07, 6.45) is 2.59. The van der Waals surface area contributed by atoms with Gasteiger partial charge in [-0.05, 0) is 38.5 Å². The van der Waals surface area contributed by atoms with Gasteiger partial charge in [-0.3, -0.25) is 9.59 Å². The summed E-state index contributed by atoms with van der Waals surface area (Å²) in [7, 11) is 0. The number of ketones is 2. The molecule has 3 fully saturated rings. The topological polar surface area (TPSA) is 74.6 Å². The van der Waals surface area contributed by atoms with Crippen molar-refractivity contribution in [2.75, 3.05) is 0 Å². The summed E-state index contributed by atoms with van der Waals surface area (Å²) in [5.74, 6) is -0.527. The van der Waals surface area contributed by atoms with E-state index >= 15 is 0 Å². The predicted molar refractivity (Wildman–Crippen MR) is 63.7 cm³/mol. The van der Waals surface area contributed by atoms with Crippen molar-refractivity contribution < 1.29 is 19.8 Å². The molecule has 0 radical (unpaired) electrons. The summed E-state index contributed by atoms with van der Waals surface area (Å²) in [5.41, 5.74) is 0. The number of aliphatic hydroxyl groups excluding tert-OH is 2. The molecule has 18 heavy (non-hydrogen) atoms. The van der Waals surface area contributed by atoms with Gasteiger partial charge in [0.25, 0.3) is 0 Å². The second-order valence-corrected chi connectivity index (χ2v) is 6.16. The van der Waals surface area contributed by atoms with Crippen LogP contribution >= 0.6 is 0 Å². The molecule has 2 N–H and O–H groups in total. The second kappa shape index (κ2) is 4.42. The molecule has 0 heterocycles. The van der Waals surface area contributed by atoms with E-state index in [1.807, 2.05) is 0 Å². The smallest absolute Gasteiger partial charge is 0.140 e. The van der Waals surface area contributed by atoms with E-state index in [1.54, 1.807) is 0 Å². The Balaban J connectivity index is 1.86. The molecule has 6 unspecified atom stereocenters. The minimum atomic E-state index is -0.422. The van der Waals surface area contributed by atoms with E-state index in [9.17, 15) is 19.8 Å². The Morgan fingerprint density at radius 1 is 0.667 bits per heavy atom. The van der Waals surface area contributed by atoms with Gasteiger partial charge in [-0.15, -0.1) is 0 Å². The predicted octanol–water partition coefficient (Wildman–Crippen LogP) is 0.693. The number of hydrogen-bond acceptors (Lipinski definition) is 4. The fraction of sp³-hybridized carbons (Fsp3) is 0.857. The highest BCUT2D eigenvalue weighted by Gasteiger charge is 2.52. The van der Waals surface area contributed by atoms with Crippen LogP contribution in [-0.4, -0.2) is 34.0 Å². The van der Waals surface area contributed by atoms with Gasteiger partial charge in [0.2, 0.25) is 0 Å². The monoisotopic (exact) mass is 252 g/mol. The Morgan fingerprint density at radius 3 is 1.44 bits per heavy atom. The van der Waals surface area contributed by atoms with Crippen molar-refractivity contribution in [1.82, 2.24) is 0 Å². The number of fused-ring (bicyclic) bond motifs is 2. The number of rotatable bonds is 0. The SMILES string of the molecule is O=C1C2CCC(O)CC2C(=O)C2CCC(O)CC12. The number of carbonyl (C=O) groups is 2. The molecular weight excluding hydrogens is 232 g/mol. The maximum atomic E-state index is 12.4. The van der Waals surface area contributed by atoms with Crippen LogP contribution in [0, 0.1) is 23.7 Å². The third-order valence-electron chi connectivity index (χ3n) is 5.11. The van der Waals surface area contributed by atoms with Crippen molar-refractivity contribution in [1.29, 1.82) is 0 Å². The molecular formula is C14H20O4. The lowest BCUT2D eigenvalue weighted by atomic mass is 9.58. The van der Waals surface area contributed by atoms with E-state index in [1.165, 1.54) is 0 Å². The van der Waals surface area contributed by atoms with E-state index in [0.717, 1.165) is 0 Å². The summed E-state index contributed by atoms with van der Waals surface area (Å²) < 4.78 is 0. The fourth-order valence-corrected chi connectivity index (χ4v) is 4.16. The molecule has 4 nitrogen and oxygen atoms in total. The normalized spacial score (nSPS) is 48.6. The van der Waals surface area contributed by atoms with E-state index in [4.69, 9.17) is 0 Å². The first-order valence-corrected chi connectivity index (χ1v) is 7.01. The first kappa shape index (κ1) is 12.3. The number of aliphatic hydroxyl groups is 2. The van der Waals surface area contributed by atoms with Crippen LogP contribution in [0.1, 0.15) is 38.5 Å². The van der Waals surface area contributed by atoms with Gasteiger partial charge in [-0.25, -0.2) is 0 Å². The summed E-state index contributed by atoms with van der Waals surface area (Å²) in [6.45, 7) is 0. The first-order valence-electron chi connectivity index (χ1n) is 7.01. The maximum absolute atomic E-state index is 12.4. The fourth-order valence-electron chi connectivity index (χ4n) is 4.16. The minimum Gasteiger partial charge on any atom is -0.393 e. The van der Waals surface area contributed by atoms with Gasteiger partial charge in [0.05, 0.1) is 12.2 Å². The van der Waals surface area contributed by atoms with Crippen LogP contribution in [0.15, 0.2) is 0 Å². The number of hydrogen-bond donors (Lipinski definition) is 2. The lowest BCUT2D eigenvalue weighted by molar-refractivity contribution is -0.155. The number of carbonyl (C=O) groups excluding carboxylic acids is 2. The third kappa shape index (κ3) is 1.82. The summed E-state index contributed by atoms with van der Waals surface area (Å²) >= 11 is 0. The van der Waals surface area contributed by atoms with Gasteiger partial charge in [0.1, 0.15) is 11.6 Å². The Kier molecular flexibility index (Phi) is 3.02. The molecule has 100 valence electrons. The van der Waals surface area contributed by atoms with Gasteiger partial charge in [0.15, 0.2) is 0 Å². The van der Waals surface area contributed by atoms with Crippen LogP contribution in [-0.2, 0) is 9.59 Å². The van der Waals surface area contributed by atoms with Crippen molar-refractivity contribution in [3.8, 4) is 0 Å². The van der Waals surface area contributed by atoms with Crippen molar-refractivity contribution >= 4 is 11.6 Å². The molecule has 0 aromatic heterocycles. The van der Waals surface area contributed by atoms with Gasteiger partial charge in [0, 0.05) is 23.7 Å². The van der Waals surface area contributed by atoms with Crippen LogP contribution in [0.3, 0.4) is 0 Å². The lowest BCUT2D eigenvalue weighted by Crippen LogP contribution is -2.52. The van der Waals surface area contributed by atoms with Crippen molar-refractivity contribution in [2.45, 2.75) is 50.7 Å². The molecule has 3 rings (SSSR count). The molecule has 0 aromatic carbocycles. The first-order chi connectivity index (χ1) is 8.58. The van der Waals surface area contributed by atoms with Crippen molar-refractivity contribution in [2.24, 2.45) is 23.7 Å². The summed E-state index contributed by atoms with van der Waals surface area (Å²) in [6, 6.07) is 0. The average Bonchev–Trinajstić information content (AvgIpc) is 2.36. The molecule has 0 aromatic rings. The van der Waals surface area contributed by atoms with Gasteiger partial charge >= 0.3 is 0 Å². The summed E-state index contributed by atoms with van der Waals surface area (Å²) in [5, 5.41) is 19.4. The van der Waals surface area contributed by atoms with E-state index < -0.39 is 12.2 Å². The van der Waals surface area contributed by atoms with Crippen molar-refractivity contribution in [3.63, 3.8) is 0 Å². The molecule has 3 saturated carbocycles. The van der Waals surface area contributed by atoms with Gasteiger partial charge in [-0.1, -0.05) is 0 Å². The molecule has 0 bridgehead atoms. The molecule has 3 aliphatic rings. The van der Waals surface area contributed by atoms with Crippen LogP contribution in [0.25, 0.3) is 0 Å². The molecule has 0 spiro atoms. The standard InChI is InChI=1S/C14H20O4/c15-7-1-3-9-11(5-7)14(18)10-4-2-8(16)6-12(10)13(9)17/h7-12,15-16H,1-6H2. The second-order valence-electron chi connectivity index (χ2n) is 6.16. The van der Waals surface area contributed by atoms with E-state index in [2.05, 4.69) is 0 Å². The molecule has 4 heteroatoms. The zero-order valence-corrected chi connectivity index (χ0v) is 10.4. The molecule has 0 aliphatic heterocycles. The molecule has 6 atom stereocenters. The lowest BCUT2D eigenvalue weighted by Gasteiger charge is -2.45. The zero-order valence-electron chi connectivity index (χ0n) is 10.4. The number of Topliss-reactive ketones (excluding diaryl/α,β-unsaturated/α-hetero) is 2. The van der Waals surface area contributed by atoms with Gasteiger partial charge in [-0.2, -0.15) is 0 Å². The third-order valence-corrected chi connectivity index (χ3v) is 5.11. The Labute approximate surface area is 106 Å². The Bertz CT molecular complexity index is 342. The Hall–Kier alpha value is -0.740. The zero-order chi connectivity index (χ0) is 12.9. The highest BCUT2D eigenvalue weighted by atomic mass is 16.3. The highest BCUT2D eigenvalue weighted by Crippen LogP contribution is 2.46. The van der Waals surface area contributed by atoms with Crippen LogP contribution in [0.5, 0.6) is 0 Å². The van der Waals surface area contributed by atoms with Crippen molar-refractivity contribution in [3.05, 3.63) is 0 Å².